The Morgan fingerprint density at radius 2 is 0.652 bits per heavy atom. The maximum atomic E-state index is 11.0. The van der Waals surface area contributed by atoms with Crippen molar-refractivity contribution in [3.63, 3.8) is 0 Å². The lowest BCUT2D eigenvalue weighted by atomic mass is 10.0. The first-order valence-corrected chi connectivity index (χ1v) is 19.5. The van der Waals surface area contributed by atoms with E-state index >= 15 is 0 Å². The minimum absolute atomic E-state index is 0.176. The van der Waals surface area contributed by atoms with Gasteiger partial charge < -0.3 is 19.8 Å². The Morgan fingerprint density at radius 3 is 0.957 bits per heavy atom. The molecule has 0 fully saturated rings. The van der Waals surface area contributed by atoms with Crippen LogP contribution in [-0.4, -0.2) is 63.9 Å². The highest BCUT2D eigenvalue weighted by atomic mass is 16.4. The number of quaternary nitrogens is 1. The van der Waals surface area contributed by atoms with Crippen LogP contribution >= 0.6 is 0 Å². The van der Waals surface area contributed by atoms with E-state index in [1.807, 2.05) is 0 Å². The predicted octanol–water partition coefficient (Wildman–Crippen LogP) is 10.9. The van der Waals surface area contributed by atoms with E-state index in [1.54, 1.807) is 0 Å². The molecule has 3 N–H and O–H groups in total. The van der Waals surface area contributed by atoms with Crippen LogP contribution in [0.4, 0.5) is 0 Å². The van der Waals surface area contributed by atoms with Crippen LogP contribution in [-0.2, 0) is 14.4 Å². The van der Waals surface area contributed by atoms with Crippen molar-refractivity contribution in [3.05, 3.63) is 12.2 Å². The summed E-state index contributed by atoms with van der Waals surface area (Å²) < 4.78 is 0.869. The first-order valence-electron chi connectivity index (χ1n) is 19.5. The molecule has 7 nitrogen and oxygen atoms in total. The van der Waals surface area contributed by atoms with Crippen LogP contribution in [0.25, 0.3) is 0 Å². The largest absolute Gasteiger partial charge is 0.481 e. The zero-order valence-electron chi connectivity index (χ0n) is 30.0. The Bertz CT molecular complexity index is 698. The highest BCUT2D eigenvalue weighted by Crippen LogP contribution is 2.20. The van der Waals surface area contributed by atoms with Gasteiger partial charge in [0.25, 0.3) is 0 Å². The first-order chi connectivity index (χ1) is 22.3. The van der Waals surface area contributed by atoms with Crippen LogP contribution < -0.4 is 0 Å². The summed E-state index contributed by atoms with van der Waals surface area (Å²) in [5.41, 5.74) is 0. The lowest BCUT2D eigenvalue weighted by Crippen LogP contribution is -2.51. The molecule has 0 rings (SSSR count). The third kappa shape index (κ3) is 32.1. The normalized spacial score (nSPS) is 11.8. The Balaban J connectivity index is 4.16. The van der Waals surface area contributed by atoms with Crippen LogP contribution in [0.15, 0.2) is 12.2 Å². The molecule has 0 bridgehead atoms. The minimum atomic E-state index is -0.765. The minimum Gasteiger partial charge on any atom is -0.481 e. The van der Waals surface area contributed by atoms with Crippen molar-refractivity contribution in [1.29, 1.82) is 0 Å². The Kier molecular flexibility index (Phi) is 31.7. The summed E-state index contributed by atoms with van der Waals surface area (Å²) in [7, 11) is 0. The number of hydrogen-bond donors (Lipinski definition) is 3. The Labute approximate surface area is 283 Å². The number of carbonyl (C=O) groups is 3. The number of carboxylic acid groups (broad SMARTS) is 3. The topological polar surface area (TPSA) is 112 Å². The van der Waals surface area contributed by atoms with Crippen LogP contribution in [0.1, 0.15) is 193 Å². The number of rotatable bonds is 37. The van der Waals surface area contributed by atoms with Gasteiger partial charge in [0.15, 0.2) is 0 Å². The standard InChI is InChI=1S/C39H73NO6/c1-2-3-4-5-6-7-8-9-10-11-12-13-14-15-16-17-18-19-20-21-22-26-33-40(34-27-23-30-37(41)42,35-28-24-31-38(43)44)36-29-25-32-39(45)46/h9-10H,2-8,11-36H2,1H3,(H2-,41,42,43,44,45,46)/p+1/b10-9+. The Hall–Kier alpha value is -1.89. The lowest BCUT2D eigenvalue weighted by Gasteiger charge is -2.39. The zero-order valence-corrected chi connectivity index (χ0v) is 30.0. The fourth-order valence-electron chi connectivity index (χ4n) is 6.60. The molecule has 0 aromatic carbocycles. The SMILES string of the molecule is CCCCCCCC/C=C/CCCCCCCCCCCCCC[N+](CCCCC(=O)O)(CCCCC(=O)O)CCCCC(=O)O. The molecule has 7 heteroatoms. The number of aliphatic carboxylic acids is 3. The maximum absolute atomic E-state index is 11.0. The zero-order chi connectivity index (χ0) is 34.0. The molecule has 0 aliphatic carbocycles. The van der Waals surface area contributed by atoms with E-state index in [-0.39, 0.29) is 19.3 Å². The molecule has 0 aliphatic rings. The van der Waals surface area contributed by atoms with Gasteiger partial charge in [0.05, 0.1) is 26.2 Å². The molecule has 46 heavy (non-hydrogen) atoms. The van der Waals surface area contributed by atoms with E-state index in [0.29, 0.717) is 19.3 Å². The van der Waals surface area contributed by atoms with E-state index in [9.17, 15) is 14.4 Å². The van der Waals surface area contributed by atoms with Crippen LogP contribution in [0, 0.1) is 0 Å². The average molecular weight is 653 g/mol. The van der Waals surface area contributed by atoms with Crippen molar-refractivity contribution in [2.24, 2.45) is 0 Å². The van der Waals surface area contributed by atoms with E-state index < -0.39 is 17.9 Å². The molecule has 0 spiro atoms. The van der Waals surface area contributed by atoms with Crippen molar-refractivity contribution >= 4 is 17.9 Å². The van der Waals surface area contributed by atoms with Crippen molar-refractivity contribution in [1.82, 2.24) is 0 Å². The van der Waals surface area contributed by atoms with Crippen molar-refractivity contribution in [2.75, 3.05) is 26.2 Å². The number of hydrogen-bond acceptors (Lipinski definition) is 3. The average Bonchev–Trinajstić information content (AvgIpc) is 3.02. The van der Waals surface area contributed by atoms with Gasteiger partial charge >= 0.3 is 17.9 Å². The van der Waals surface area contributed by atoms with Crippen molar-refractivity contribution < 1.29 is 34.2 Å². The molecule has 0 aromatic heterocycles. The summed E-state index contributed by atoms with van der Waals surface area (Å²) in [5, 5.41) is 27.2. The van der Waals surface area contributed by atoms with Crippen LogP contribution in [0.2, 0.25) is 0 Å². The molecule has 0 saturated carbocycles. The molecule has 0 aliphatic heterocycles. The van der Waals surface area contributed by atoms with Crippen molar-refractivity contribution in [2.45, 2.75) is 193 Å². The van der Waals surface area contributed by atoms with Crippen LogP contribution in [0.5, 0.6) is 0 Å². The van der Waals surface area contributed by atoms with E-state index in [1.165, 1.54) is 122 Å². The smallest absolute Gasteiger partial charge is 0.303 e. The highest BCUT2D eigenvalue weighted by Gasteiger charge is 2.26. The number of nitrogens with zero attached hydrogens (tertiary/aromatic N) is 1. The number of allylic oxidation sites excluding steroid dienone is 2. The van der Waals surface area contributed by atoms with Gasteiger partial charge in [0.1, 0.15) is 0 Å². The lowest BCUT2D eigenvalue weighted by molar-refractivity contribution is -0.929. The van der Waals surface area contributed by atoms with Crippen molar-refractivity contribution in [3.8, 4) is 0 Å². The Morgan fingerprint density at radius 1 is 0.391 bits per heavy atom. The van der Waals surface area contributed by atoms with Gasteiger partial charge in [-0.05, 0) is 77.0 Å². The quantitative estimate of drug-likeness (QED) is 0.0350. The molecule has 270 valence electrons. The highest BCUT2D eigenvalue weighted by molar-refractivity contribution is 5.67. The van der Waals surface area contributed by atoms with Gasteiger partial charge in [-0.2, -0.15) is 0 Å². The fourth-order valence-corrected chi connectivity index (χ4v) is 6.60. The van der Waals surface area contributed by atoms with Crippen LogP contribution in [0.3, 0.4) is 0 Å². The molecule has 0 saturated heterocycles. The molecular formula is C39H74NO6+. The summed E-state index contributed by atoms with van der Waals surface area (Å²) in [6, 6.07) is 0. The fraction of sp³-hybridized carbons (Fsp3) is 0.872. The predicted molar refractivity (Wildman–Crippen MR) is 191 cm³/mol. The summed E-state index contributed by atoms with van der Waals surface area (Å²) in [4.78, 5) is 33.1. The maximum Gasteiger partial charge on any atom is 0.303 e. The summed E-state index contributed by atoms with van der Waals surface area (Å²) in [6.07, 6.45) is 36.2. The van der Waals surface area contributed by atoms with Gasteiger partial charge in [-0.3, -0.25) is 14.4 Å². The van der Waals surface area contributed by atoms with Gasteiger partial charge in [0, 0.05) is 19.3 Å². The molecule has 0 radical (unpaired) electrons. The van der Waals surface area contributed by atoms with E-state index in [4.69, 9.17) is 15.3 Å². The second-order valence-electron chi connectivity index (χ2n) is 13.8. The van der Waals surface area contributed by atoms with Gasteiger partial charge in [-0.25, -0.2) is 0 Å². The summed E-state index contributed by atoms with van der Waals surface area (Å²) in [5.74, 6) is -2.30. The molecule has 0 aromatic rings. The van der Waals surface area contributed by atoms with E-state index in [0.717, 1.165) is 56.3 Å². The third-order valence-electron chi connectivity index (χ3n) is 9.46. The summed E-state index contributed by atoms with van der Waals surface area (Å²) >= 11 is 0. The molecule has 0 atom stereocenters. The van der Waals surface area contributed by atoms with Gasteiger partial charge in [-0.1, -0.05) is 109 Å². The van der Waals surface area contributed by atoms with Gasteiger partial charge in [0.2, 0.25) is 0 Å². The second kappa shape index (κ2) is 33.0. The second-order valence-corrected chi connectivity index (χ2v) is 13.8. The molecular weight excluding hydrogens is 578 g/mol. The molecule has 0 heterocycles. The number of unbranched alkanes of at least 4 members (excludes halogenated alkanes) is 21. The summed E-state index contributed by atoms with van der Waals surface area (Å²) in [6.45, 7) is 5.97. The van der Waals surface area contributed by atoms with E-state index in [2.05, 4.69) is 19.1 Å². The molecule has 0 unspecified atom stereocenters. The first kappa shape index (κ1) is 44.1. The number of carboxylic acids is 3. The monoisotopic (exact) mass is 653 g/mol. The third-order valence-corrected chi connectivity index (χ3v) is 9.46. The van der Waals surface area contributed by atoms with Gasteiger partial charge in [-0.15, -0.1) is 0 Å². The molecule has 0 amide bonds.